The maximum Gasteiger partial charge on any atom is 0.459 e. The molecule has 2 aromatic carbocycles. The first-order valence-electron chi connectivity index (χ1n) is 13.3. The number of pyridine rings is 1. The van der Waals surface area contributed by atoms with Gasteiger partial charge in [0, 0.05) is 16.5 Å². The van der Waals surface area contributed by atoms with Crippen molar-refractivity contribution in [2.45, 2.75) is 66.0 Å². The Labute approximate surface area is 247 Å². The second kappa shape index (κ2) is 13.3. The number of halogens is 1. The zero-order valence-corrected chi connectivity index (χ0v) is 26.1. The third-order valence-electron chi connectivity index (χ3n) is 5.98. The van der Waals surface area contributed by atoms with Crippen molar-refractivity contribution in [3.63, 3.8) is 0 Å². The highest BCUT2D eigenvalue weighted by molar-refractivity contribution is 9.10. The molecule has 220 valence electrons. The number of nitrogens with zero attached hydrogens (tertiary/aromatic N) is 3. The molecule has 0 fully saturated rings. The Morgan fingerprint density at radius 2 is 1.80 bits per heavy atom. The fourth-order valence-electron chi connectivity index (χ4n) is 4.27. The molecule has 13 heteroatoms. The highest BCUT2D eigenvalue weighted by Gasteiger charge is 2.35. The summed E-state index contributed by atoms with van der Waals surface area (Å²) in [5.41, 5.74) is 8.33. The molecule has 0 aliphatic heterocycles. The maximum atomic E-state index is 14.1. The van der Waals surface area contributed by atoms with Gasteiger partial charge in [-0.15, -0.1) is 0 Å². The second-order valence-corrected chi connectivity index (χ2v) is 12.3. The summed E-state index contributed by atoms with van der Waals surface area (Å²) in [6.45, 7) is 9.64. The molecule has 4 aromatic rings. The Bertz CT molecular complexity index is 1560. The summed E-state index contributed by atoms with van der Waals surface area (Å²) < 4.78 is 39.8. The Hall–Kier alpha value is -3.02. The highest BCUT2D eigenvalue weighted by Crippen LogP contribution is 2.46. The van der Waals surface area contributed by atoms with E-state index in [2.05, 4.69) is 26.0 Å². The third kappa shape index (κ3) is 7.64. The molecule has 0 saturated carbocycles. The van der Waals surface area contributed by atoms with Gasteiger partial charge < -0.3 is 24.3 Å². The van der Waals surface area contributed by atoms with Gasteiger partial charge in [0.15, 0.2) is 5.82 Å². The van der Waals surface area contributed by atoms with Crippen LogP contribution < -0.4 is 15.3 Å². The van der Waals surface area contributed by atoms with Crippen molar-refractivity contribution in [2.24, 2.45) is 0 Å². The van der Waals surface area contributed by atoms with Crippen LogP contribution in [0.3, 0.4) is 0 Å². The van der Waals surface area contributed by atoms with E-state index in [-0.39, 0.29) is 19.3 Å². The van der Waals surface area contributed by atoms with Crippen LogP contribution in [0.25, 0.3) is 21.9 Å². The van der Waals surface area contributed by atoms with Crippen molar-refractivity contribution < 1.29 is 27.9 Å². The standard InChI is InChI=1S/C28H35BrN5O6P/c1-6-37-16-24-32-25-26(22-9-7-8-10-23(22)31-27(25)30)34(24)15-18(4)39-41(36,33-19(5)28(35)38-17(2)3)40-21-13-11-20(29)12-14-21/h7-14,17-19H,6,15-16H2,1-5H3,(H2,30,31)(H,33,36)/t18-,19-,41?/m0/s1. The van der Waals surface area contributed by atoms with Gasteiger partial charge in [0.25, 0.3) is 0 Å². The van der Waals surface area contributed by atoms with Crippen molar-refractivity contribution in [1.82, 2.24) is 19.6 Å². The molecule has 3 atom stereocenters. The van der Waals surface area contributed by atoms with Gasteiger partial charge >= 0.3 is 13.7 Å². The van der Waals surface area contributed by atoms with Crippen LogP contribution in [0.2, 0.25) is 0 Å². The average molecular weight is 648 g/mol. The number of benzene rings is 2. The van der Waals surface area contributed by atoms with Crippen LogP contribution in [0, 0.1) is 0 Å². The molecule has 4 rings (SSSR count). The van der Waals surface area contributed by atoms with E-state index >= 15 is 0 Å². The first-order valence-corrected chi connectivity index (χ1v) is 15.7. The van der Waals surface area contributed by atoms with Gasteiger partial charge in [-0.1, -0.05) is 34.1 Å². The monoisotopic (exact) mass is 647 g/mol. The van der Waals surface area contributed by atoms with Gasteiger partial charge in [0.1, 0.15) is 29.7 Å². The van der Waals surface area contributed by atoms with E-state index in [0.29, 0.717) is 29.5 Å². The topological polar surface area (TPSA) is 140 Å². The minimum absolute atomic E-state index is 0.229. The van der Waals surface area contributed by atoms with Crippen molar-refractivity contribution in [2.75, 3.05) is 12.3 Å². The molecule has 0 bridgehead atoms. The van der Waals surface area contributed by atoms with E-state index < -0.39 is 25.9 Å². The lowest BCUT2D eigenvalue weighted by molar-refractivity contribution is -0.149. The molecule has 0 saturated heterocycles. The van der Waals surface area contributed by atoms with Gasteiger partial charge in [-0.05, 0) is 65.0 Å². The highest BCUT2D eigenvalue weighted by atomic mass is 79.9. The molecule has 0 aliphatic carbocycles. The van der Waals surface area contributed by atoms with Gasteiger partial charge in [-0.25, -0.2) is 14.5 Å². The average Bonchev–Trinajstić information content (AvgIpc) is 3.26. The van der Waals surface area contributed by atoms with E-state index in [1.165, 1.54) is 0 Å². The molecule has 11 nitrogen and oxygen atoms in total. The molecule has 0 spiro atoms. The number of fused-ring (bicyclic) bond motifs is 3. The molecule has 0 aliphatic rings. The van der Waals surface area contributed by atoms with Gasteiger partial charge in [-0.2, -0.15) is 5.09 Å². The lowest BCUT2D eigenvalue weighted by Crippen LogP contribution is -2.37. The zero-order valence-electron chi connectivity index (χ0n) is 23.7. The van der Waals surface area contributed by atoms with Crippen molar-refractivity contribution in [3.05, 3.63) is 58.8 Å². The first kappa shape index (κ1) is 30.9. The van der Waals surface area contributed by atoms with Crippen molar-refractivity contribution in [3.8, 4) is 5.75 Å². The second-order valence-electron chi connectivity index (χ2n) is 9.78. The Morgan fingerprint density at radius 3 is 2.49 bits per heavy atom. The molecule has 41 heavy (non-hydrogen) atoms. The van der Waals surface area contributed by atoms with Crippen LogP contribution in [-0.2, 0) is 36.5 Å². The number of aromatic nitrogens is 3. The first-order chi connectivity index (χ1) is 19.5. The third-order valence-corrected chi connectivity index (χ3v) is 8.30. The number of nitrogens with two attached hydrogens (primary N) is 1. The largest absolute Gasteiger partial charge is 0.462 e. The smallest absolute Gasteiger partial charge is 0.459 e. The van der Waals surface area contributed by atoms with Crippen LogP contribution in [0.15, 0.2) is 53.0 Å². The number of ether oxygens (including phenoxy) is 2. The summed E-state index contributed by atoms with van der Waals surface area (Å²) in [5, 5.41) is 3.60. The summed E-state index contributed by atoms with van der Waals surface area (Å²) in [4.78, 5) is 21.8. The molecular formula is C28H35BrN5O6P. The zero-order chi connectivity index (χ0) is 29.7. The van der Waals surface area contributed by atoms with E-state index in [0.717, 1.165) is 20.9 Å². The molecule has 3 N–H and O–H groups in total. The molecular weight excluding hydrogens is 613 g/mol. The number of anilines is 1. The SMILES string of the molecule is CCOCc1nc2c(N)nc3ccccc3c2n1C[C@H](C)OP(=O)(N[C@@H](C)C(=O)OC(C)C)Oc1ccc(Br)cc1. The Morgan fingerprint density at radius 1 is 1.10 bits per heavy atom. The number of hydrogen-bond donors (Lipinski definition) is 2. The van der Waals surface area contributed by atoms with Crippen LogP contribution >= 0.6 is 23.7 Å². The van der Waals surface area contributed by atoms with E-state index in [9.17, 15) is 9.36 Å². The van der Waals surface area contributed by atoms with E-state index in [4.69, 9.17) is 29.2 Å². The van der Waals surface area contributed by atoms with Gasteiger partial charge in [0.2, 0.25) is 0 Å². The predicted octanol–water partition coefficient (Wildman–Crippen LogP) is 5.99. The number of carbonyl (C=O) groups is 1. The fraction of sp³-hybridized carbons (Fsp3) is 0.393. The number of para-hydroxylation sites is 1. The number of hydrogen-bond acceptors (Lipinski definition) is 9. The number of nitrogens with one attached hydrogen (secondary N) is 1. The number of esters is 1. The number of rotatable bonds is 13. The molecule has 0 amide bonds. The normalized spacial score (nSPS) is 14.7. The summed E-state index contributed by atoms with van der Waals surface area (Å²) in [5.74, 6) is 0.639. The fourth-order valence-corrected chi connectivity index (χ4v) is 6.21. The number of carbonyl (C=O) groups excluding carboxylic acids is 1. The summed E-state index contributed by atoms with van der Waals surface area (Å²) in [7, 11) is -4.11. The summed E-state index contributed by atoms with van der Waals surface area (Å²) in [6.07, 6.45) is -1.02. The lowest BCUT2D eigenvalue weighted by atomic mass is 10.2. The molecule has 2 aromatic heterocycles. The molecule has 1 unspecified atom stereocenters. The minimum Gasteiger partial charge on any atom is -0.462 e. The predicted molar refractivity (Wildman–Crippen MR) is 162 cm³/mol. The molecule has 2 heterocycles. The summed E-state index contributed by atoms with van der Waals surface area (Å²) >= 11 is 3.38. The van der Waals surface area contributed by atoms with E-state index in [1.807, 2.05) is 35.8 Å². The summed E-state index contributed by atoms with van der Waals surface area (Å²) in [6, 6.07) is 13.5. The molecule has 0 radical (unpaired) electrons. The quantitative estimate of drug-likeness (QED) is 0.131. The number of nitrogen functional groups attached to an aromatic ring is 1. The van der Waals surface area contributed by atoms with Crippen LogP contribution in [0.1, 0.15) is 40.4 Å². The van der Waals surface area contributed by atoms with Gasteiger partial charge in [0.05, 0.1) is 29.8 Å². The maximum absolute atomic E-state index is 14.1. The minimum atomic E-state index is -4.11. The van der Waals surface area contributed by atoms with Crippen LogP contribution in [0.4, 0.5) is 5.82 Å². The van der Waals surface area contributed by atoms with Crippen LogP contribution in [-0.4, -0.2) is 45.4 Å². The number of imidazole rings is 1. The van der Waals surface area contributed by atoms with Crippen molar-refractivity contribution in [1.29, 1.82) is 0 Å². The van der Waals surface area contributed by atoms with E-state index in [1.54, 1.807) is 52.0 Å². The van der Waals surface area contributed by atoms with Crippen LogP contribution in [0.5, 0.6) is 5.75 Å². The van der Waals surface area contributed by atoms with Crippen molar-refractivity contribution >= 4 is 57.4 Å². The van der Waals surface area contributed by atoms with Gasteiger partial charge in [-0.3, -0.25) is 9.32 Å². The Balaban J connectivity index is 1.68. The lowest BCUT2D eigenvalue weighted by Gasteiger charge is -2.26. The Kier molecular flexibility index (Phi) is 10.0.